The average Bonchev–Trinajstić information content (AvgIpc) is 3.06. The number of aliphatic hydroxyl groups excluding tert-OH is 4. The summed E-state index contributed by atoms with van der Waals surface area (Å²) in [5.41, 5.74) is 0.826. The molecule has 5 aliphatic rings. The fraction of sp³-hybridized carbons (Fsp3) is 0.931. The van der Waals surface area contributed by atoms with Gasteiger partial charge in [0.2, 0.25) is 0 Å². The molecule has 0 heterocycles. The first-order chi connectivity index (χ1) is 15.2. The van der Waals surface area contributed by atoms with Gasteiger partial charge in [0.25, 0.3) is 0 Å². The van der Waals surface area contributed by atoms with Crippen LogP contribution in [-0.2, 0) is 0 Å². The quantitative estimate of drug-likeness (QED) is 0.422. The third kappa shape index (κ3) is 2.90. The Morgan fingerprint density at radius 1 is 0.879 bits per heavy atom. The lowest BCUT2D eigenvalue weighted by Crippen LogP contribution is -2.68. The van der Waals surface area contributed by atoms with Gasteiger partial charge < -0.3 is 20.4 Å². The Morgan fingerprint density at radius 2 is 1.55 bits per heavy atom. The van der Waals surface area contributed by atoms with Crippen molar-refractivity contribution in [2.75, 3.05) is 6.61 Å². The largest absolute Gasteiger partial charge is 0.396 e. The Hall–Kier alpha value is -0.420. The van der Waals surface area contributed by atoms with E-state index in [1.165, 1.54) is 12.0 Å². The molecule has 5 rings (SSSR count). The second-order valence-corrected chi connectivity index (χ2v) is 14.8. The lowest BCUT2D eigenvalue weighted by Gasteiger charge is -2.70. The van der Waals surface area contributed by atoms with Crippen molar-refractivity contribution in [3.05, 3.63) is 11.6 Å². The molecule has 0 aromatic rings. The fourth-order valence-corrected chi connectivity index (χ4v) is 10.7. The van der Waals surface area contributed by atoms with Gasteiger partial charge in [-0.15, -0.1) is 0 Å². The Balaban J connectivity index is 1.55. The van der Waals surface area contributed by atoms with E-state index in [-0.39, 0.29) is 40.3 Å². The van der Waals surface area contributed by atoms with Crippen LogP contribution in [0.15, 0.2) is 11.6 Å². The van der Waals surface area contributed by atoms with Crippen molar-refractivity contribution in [3.63, 3.8) is 0 Å². The standard InChI is InChI=1S/C29H48O4/c1-24(2)11-13-29(16-24)14-12-27(5)18(22(29)32)7-8-21-25(3)15-19(31)23(33)26(4,17-30)20(25)9-10-28(21,27)6/h7,19-23,30-33H,8-17H2,1-6H3/t19-,20-,21-,22-,23-,25+,26+,27-,28-,29-/m1/s1. The monoisotopic (exact) mass is 460 g/mol. The number of aliphatic hydroxyl groups is 4. The minimum Gasteiger partial charge on any atom is -0.396 e. The van der Waals surface area contributed by atoms with E-state index in [9.17, 15) is 20.4 Å². The molecule has 0 aromatic carbocycles. The van der Waals surface area contributed by atoms with Crippen molar-refractivity contribution in [2.24, 2.45) is 44.3 Å². The predicted octanol–water partition coefficient (Wildman–Crippen LogP) is 4.84. The van der Waals surface area contributed by atoms with E-state index < -0.39 is 17.6 Å². The summed E-state index contributed by atoms with van der Waals surface area (Å²) in [6, 6.07) is 0. The van der Waals surface area contributed by atoms with Crippen LogP contribution in [0.5, 0.6) is 0 Å². The van der Waals surface area contributed by atoms with E-state index in [1.807, 2.05) is 6.92 Å². The Labute approximate surface area is 200 Å². The maximum Gasteiger partial charge on any atom is 0.0877 e. The fourth-order valence-electron chi connectivity index (χ4n) is 10.7. The molecule has 0 radical (unpaired) electrons. The molecule has 4 nitrogen and oxygen atoms in total. The topological polar surface area (TPSA) is 80.9 Å². The lowest BCUT2D eigenvalue weighted by atomic mass is 9.34. The van der Waals surface area contributed by atoms with Crippen molar-refractivity contribution in [1.29, 1.82) is 0 Å². The maximum absolute atomic E-state index is 11.9. The van der Waals surface area contributed by atoms with Crippen LogP contribution < -0.4 is 0 Å². The minimum absolute atomic E-state index is 0.0391. The van der Waals surface area contributed by atoms with Crippen LogP contribution in [0, 0.1) is 44.3 Å². The number of hydrogen-bond acceptors (Lipinski definition) is 4. The number of allylic oxidation sites excluding steroid dienone is 1. The molecule has 4 N–H and O–H groups in total. The normalized spacial score (nSPS) is 57.8. The van der Waals surface area contributed by atoms with Crippen LogP contribution >= 0.6 is 0 Å². The summed E-state index contributed by atoms with van der Waals surface area (Å²) >= 11 is 0. The van der Waals surface area contributed by atoms with Crippen LogP contribution in [0.2, 0.25) is 0 Å². The van der Waals surface area contributed by atoms with Gasteiger partial charge in [-0.25, -0.2) is 0 Å². The van der Waals surface area contributed by atoms with Gasteiger partial charge in [-0.3, -0.25) is 0 Å². The molecule has 4 fully saturated rings. The molecule has 10 atom stereocenters. The number of rotatable bonds is 1. The smallest absolute Gasteiger partial charge is 0.0877 e. The molecule has 5 aliphatic carbocycles. The van der Waals surface area contributed by atoms with Crippen molar-refractivity contribution in [3.8, 4) is 0 Å². The lowest BCUT2D eigenvalue weighted by molar-refractivity contribution is -0.243. The summed E-state index contributed by atoms with van der Waals surface area (Å²) in [6.07, 6.45) is 9.58. The summed E-state index contributed by atoms with van der Waals surface area (Å²) in [5, 5.41) is 44.1. The molecular weight excluding hydrogens is 412 g/mol. The maximum atomic E-state index is 11.9. The summed E-state index contributed by atoms with van der Waals surface area (Å²) in [4.78, 5) is 0. The second kappa shape index (κ2) is 7.08. The van der Waals surface area contributed by atoms with Crippen LogP contribution in [0.1, 0.15) is 99.3 Å². The van der Waals surface area contributed by atoms with Crippen LogP contribution in [0.3, 0.4) is 0 Å². The SMILES string of the molecule is CC1(C)CC[C@@]2(CC[C@]3(C)C(=CC[C@@H]4[C@@]5(C)C[C@@H](O)[C@@H](O)[C@@](C)(CO)[C@@H]5CC[C@]43C)[C@H]2O)C1. The van der Waals surface area contributed by atoms with Crippen molar-refractivity contribution in [1.82, 2.24) is 0 Å². The van der Waals surface area contributed by atoms with Gasteiger partial charge >= 0.3 is 0 Å². The van der Waals surface area contributed by atoms with E-state index in [1.54, 1.807) is 0 Å². The molecule has 4 saturated carbocycles. The van der Waals surface area contributed by atoms with Gasteiger partial charge in [0, 0.05) is 10.8 Å². The molecule has 0 aliphatic heterocycles. The first-order valence-corrected chi connectivity index (χ1v) is 13.5. The zero-order valence-corrected chi connectivity index (χ0v) is 21.8. The first-order valence-electron chi connectivity index (χ1n) is 13.5. The summed E-state index contributed by atoms with van der Waals surface area (Å²) < 4.78 is 0. The zero-order chi connectivity index (χ0) is 24.2. The van der Waals surface area contributed by atoms with E-state index >= 15 is 0 Å². The van der Waals surface area contributed by atoms with Gasteiger partial charge in [-0.05, 0) is 96.9 Å². The molecule has 0 unspecified atom stereocenters. The van der Waals surface area contributed by atoms with Gasteiger partial charge in [-0.2, -0.15) is 0 Å². The molecular formula is C29H48O4. The Kier molecular flexibility index (Phi) is 5.21. The molecule has 1 spiro atoms. The van der Waals surface area contributed by atoms with Gasteiger partial charge in [0.1, 0.15) is 0 Å². The summed E-state index contributed by atoms with van der Waals surface area (Å²) in [6.45, 7) is 13.8. The van der Waals surface area contributed by atoms with Gasteiger partial charge in [0.15, 0.2) is 0 Å². The summed E-state index contributed by atoms with van der Waals surface area (Å²) in [5.74, 6) is 0.548. The average molecular weight is 461 g/mol. The van der Waals surface area contributed by atoms with Crippen molar-refractivity contribution >= 4 is 0 Å². The highest BCUT2D eigenvalue weighted by atomic mass is 16.3. The van der Waals surface area contributed by atoms with E-state index in [0.29, 0.717) is 17.8 Å². The van der Waals surface area contributed by atoms with E-state index in [0.717, 1.165) is 44.9 Å². The van der Waals surface area contributed by atoms with Crippen LogP contribution in [-0.4, -0.2) is 45.3 Å². The molecule has 0 aromatic heterocycles. The van der Waals surface area contributed by atoms with Crippen molar-refractivity contribution < 1.29 is 20.4 Å². The Bertz CT molecular complexity index is 851. The third-order valence-electron chi connectivity index (χ3n) is 12.7. The predicted molar refractivity (Wildman–Crippen MR) is 130 cm³/mol. The molecule has 188 valence electrons. The molecule has 4 heteroatoms. The second-order valence-electron chi connectivity index (χ2n) is 14.8. The van der Waals surface area contributed by atoms with Crippen LogP contribution in [0.4, 0.5) is 0 Å². The van der Waals surface area contributed by atoms with Crippen molar-refractivity contribution in [2.45, 2.75) is 118 Å². The van der Waals surface area contributed by atoms with E-state index in [4.69, 9.17) is 0 Å². The molecule has 33 heavy (non-hydrogen) atoms. The highest BCUT2D eigenvalue weighted by Crippen LogP contribution is 2.74. The van der Waals surface area contributed by atoms with E-state index in [2.05, 4.69) is 40.7 Å². The molecule has 0 bridgehead atoms. The minimum atomic E-state index is -0.878. The van der Waals surface area contributed by atoms with Gasteiger partial charge in [0.05, 0.1) is 24.9 Å². The zero-order valence-electron chi connectivity index (χ0n) is 21.8. The third-order valence-corrected chi connectivity index (χ3v) is 12.7. The highest BCUT2D eigenvalue weighted by Gasteiger charge is 2.69. The first kappa shape index (κ1) is 24.3. The van der Waals surface area contributed by atoms with Gasteiger partial charge in [-0.1, -0.05) is 47.6 Å². The molecule has 0 saturated heterocycles. The Morgan fingerprint density at radius 3 is 2.15 bits per heavy atom. The van der Waals surface area contributed by atoms with Crippen LogP contribution in [0.25, 0.3) is 0 Å². The number of fused-ring (bicyclic) bond motifs is 5. The summed E-state index contributed by atoms with van der Waals surface area (Å²) in [7, 11) is 0. The molecule has 0 amide bonds. The number of hydrogen-bond donors (Lipinski definition) is 4. The highest BCUT2D eigenvalue weighted by molar-refractivity contribution is 5.34.